The van der Waals surface area contributed by atoms with Gasteiger partial charge in [-0.1, -0.05) is 12.5 Å². The van der Waals surface area contributed by atoms with E-state index in [9.17, 15) is 4.79 Å². The predicted molar refractivity (Wildman–Crippen MR) is 85.6 cm³/mol. The van der Waals surface area contributed by atoms with E-state index in [4.69, 9.17) is 5.11 Å². The molecule has 0 bridgehead atoms. The number of nitrogens with zero attached hydrogens (tertiary/aromatic N) is 1. The lowest BCUT2D eigenvalue weighted by Crippen LogP contribution is -2.42. The molecule has 1 aromatic rings. The van der Waals surface area contributed by atoms with Crippen LogP contribution < -0.4 is 4.90 Å². The lowest BCUT2D eigenvalue weighted by molar-refractivity contribution is -0.131. The number of aliphatic carboxylic acids is 1. The van der Waals surface area contributed by atoms with Gasteiger partial charge in [-0.15, -0.1) is 0 Å². The Morgan fingerprint density at radius 1 is 1.29 bits per heavy atom. The van der Waals surface area contributed by atoms with E-state index in [1.807, 2.05) is 6.07 Å². The maximum atomic E-state index is 10.6. The fraction of sp³-hybridized carbons (Fsp3) is 0.500. The maximum absolute atomic E-state index is 10.6. The van der Waals surface area contributed by atoms with Crippen molar-refractivity contribution in [2.45, 2.75) is 45.1 Å². The minimum atomic E-state index is -0.900. The summed E-state index contributed by atoms with van der Waals surface area (Å²) in [6.45, 7) is 3.21. The highest BCUT2D eigenvalue weighted by molar-refractivity contribution is 5.85. The Hall–Kier alpha value is -1.77. The Labute approximate surface area is 126 Å². The summed E-state index contributed by atoms with van der Waals surface area (Å²) in [4.78, 5) is 13.2. The average molecular weight is 285 g/mol. The molecular weight excluding hydrogens is 262 g/mol. The fourth-order valence-electron chi connectivity index (χ4n) is 3.96. The number of hydrogen-bond donors (Lipinski definition) is 1. The van der Waals surface area contributed by atoms with Gasteiger partial charge < -0.3 is 10.0 Å². The second-order valence-electron chi connectivity index (χ2n) is 6.31. The predicted octanol–water partition coefficient (Wildman–Crippen LogP) is 3.86. The van der Waals surface area contributed by atoms with Gasteiger partial charge >= 0.3 is 5.97 Å². The summed E-state index contributed by atoms with van der Waals surface area (Å²) in [6, 6.07) is 7.12. The van der Waals surface area contributed by atoms with Gasteiger partial charge in [0.1, 0.15) is 0 Å². The number of benzene rings is 1. The normalized spacial score (nSPS) is 25.3. The van der Waals surface area contributed by atoms with E-state index in [1.54, 1.807) is 6.08 Å². The number of anilines is 1. The topological polar surface area (TPSA) is 40.5 Å². The molecule has 1 heterocycles. The molecule has 1 saturated carbocycles. The number of rotatable bonds is 3. The second-order valence-corrected chi connectivity index (χ2v) is 6.31. The molecule has 2 unspecified atom stereocenters. The van der Waals surface area contributed by atoms with Crippen LogP contribution in [0.2, 0.25) is 0 Å². The molecule has 2 aliphatic rings. The molecular formula is C18H23NO2. The molecule has 3 heteroatoms. The summed E-state index contributed by atoms with van der Waals surface area (Å²) in [5.41, 5.74) is 3.43. The summed E-state index contributed by atoms with van der Waals surface area (Å²) >= 11 is 0. The number of carboxylic acid groups (broad SMARTS) is 1. The zero-order valence-electron chi connectivity index (χ0n) is 12.6. The molecule has 112 valence electrons. The minimum absolute atomic E-state index is 0.721. The lowest BCUT2D eigenvalue weighted by atomic mass is 9.91. The SMILES string of the molecule is Cc1cc(N2CCCC3CCCC32)ccc1C=CC(=O)O. The van der Waals surface area contributed by atoms with Crippen molar-refractivity contribution in [3.8, 4) is 0 Å². The smallest absolute Gasteiger partial charge is 0.328 e. The van der Waals surface area contributed by atoms with E-state index in [2.05, 4.69) is 24.0 Å². The monoisotopic (exact) mass is 285 g/mol. The zero-order valence-corrected chi connectivity index (χ0v) is 12.6. The van der Waals surface area contributed by atoms with Gasteiger partial charge in [0.2, 0.25) is 0 Å². The Balaban J connectivity index is 1.82. The van der Waals surface area contributed by atoms with Gasteiger partial charge in [-0.3, -0.25) is 0 Å². The minimum Gasteiger partial charge on any atom is -0.478 e. The molecule has 2 atom stereocenters. The molecule has 3 nitrogen and oxygen atoms in total. The maximum Gasteiger partial charge on any atom is 0.328 e. The van der Waals surface area contributed by atoms with E-state index >= 15 is 0 Å². The molecule has 0 radical (unpaired) electrons. The number of aryl methyl sites for hydroxylation is 1. The van der Waals surface area contributed by atoms with Gasteiger partial charge in [0.05, 0.1) is 0 Å². The molecule has 2 fully saturated rings. The molecule has 1 N–H and O–H groups in total. The van der Waals surface area contributed by atoms with Crippen molar-refractivity contribution in [2.24, 2.45) is 5.92 Å². The van der Waals surface area contributed by atoms with Crippen molar-refractivity contribution in [3.05, 3.63) is 35.4 Å². The number of carbonyl (C=O) groups is 1. The molecule has 1 aliphatic carbocycles. The van der Waals surface area contributed by atoms with Gasteiger partial charge in [0.15, 0.2) is 0 Å². The summed E-state index contributed by atoms with van der Waals surface area (Å²) < 4.78 is 0. The quantitative estimate of drug-likeness (QED) is 0.857. The van der Waals surface area contributed by atoms with E-state index in [0.29, 0.717) is 0 Å². The van der Waals surface area contributed by atoms with Crippen molar-refractivity contribution in [1.29, 1.82) is 0 Å². The third-order valence-electron chi connectivity index (χ3n) is 4.98. The number of carboxylic acids is 1. The Morgan fingerprint density at radius 2 is 2.10 bits per heavy atom. The third kappa shape index (κ3) is 2.97. The van der Waals surface area contributed by atoms with Crippen LogP contribution in [0.3, 0.4) is 0 Å². The van der Waals surface area contributed by atoms with E-state index in [0.717, 1.165) is 29.6 Å². The van der Waals surface area contributed by atoms with Crippen molar-refractivity contribution in [2.75, 3.05) is 11.4 Å². The highest BCUT2D eigenvalue weighted by Gasteiger charge is 2.34. The molecule has 0 amide bonds. The van der Waals surface area contributed by atoms with Crippen LogP contribution in [0.15, 0.2) is 24.3 Å². The van der Waals surface area contributed by atoms with Crippen LogP contribution in [0.5, 0.6) is 0 Å². The molecule has 21 heavy (non-hydrogen) atoms. The van der Waals surface area contributed by atoms with Gasteiger partial charge in [-0.25, -0.2) is 4.79 Å². The number of fused-ring (bicyclic) bond motifs is 1. The summed E-state index contributed by atoms with van der Waals surface area (Å²) in [5, 5.41) is 8.73. The first-order valence-electron chi connectivity index (χ1n) is 7.93. The van der Waals surface area contributed by atoms with Crippen LogP contribution in [0, 0.1) is 12.8 Å². The first-order chi connectivity index (χ1) is 10.1. The van der Waals surface area contributed by atoms with Crippen LogP contribution in [0.25, 0.3) is 6.08 Å². The standard InChI is InChI=1S/C18H23NO2/c1-13-12-16(9-7-14(13)8-10-18(20)21)19-11-3-5-15-4-2-6-17(15)19/h7-10,12,15,17H,2-6,11H2,1H3,(H,20,21). The van der Waals surface area contributed by atoms with Crippen LogP contribution in [-0.4, -0.2) is 23.7 Å². The van der Waals surface area contributed by atoms with Crippen LogP contribution in [0.1, 0.15) is 43.2 Å². The van der Waals surface area contributed by atoms with Crippen LogP contribution in [-0.2, 0) is 4.79 Å². The van der Waals surface area contributed by atoms with E-state index < -0.39 is 5.97 Å². The Morgan fingerprint density at radius 3 is 2.86 bits per heavy atom. The summed E-state index contributed by atoms with van der Waals surface area (Å²) in [6.07, 6.45) is 9.64. The van der Waals surface area contributed by atoms with Crippen molar-refractivity contribution >= 4 is 17.7 Å². The Kier molecular flexibility index (Phi) is 4.00. The van der Waals surface area contributed by atoms with E-state index in [1.165, 1.54) is 43.9 Å². The summed E-state index contributed by atoms with van der Waals surface area (Å²) in [7, 11) is 0. The van der Waals surface area contributed by atoms with Crippen LogP contribution in [0.4, 0.5) is 5.69 Å². The molecule has 1 aromatic carbocycles. The van der Waals surface area contributed by atoms with Gasteiger partial charge in [-0.2, -0.15) is 0 Å². The highest BCUT2D eigenvalue weighted by atomic mass is 16.4. The zero-order chi connectivity index (χ0) is 14.8. The van der Waals surface area contributed by atoms with Crippen molar-refractivity contribution < 1.29 is 9.90 Å². The third-order valence-corrected chi connectivity index (χ3v) is 4.98. The molecule has 0 spiro atoms. The lowest BCUT2D eigenvalue weighted by Gasteiger charge is -2.39. The molecule has 0 aromatic heterocycles. The van der Waals surface area contributed by atoms with Crippen molar-refractivity contribution in [1.82, 2.24) is 0 Å². The molecule has 1 aliphatic heterocycles. The fourth-order valence-corrected chi connectivity index (χ4v) is 3.96. The van der Waals surface area contributed by atoms with Gasteiger partial charge in [0.25, 0.3) is 0 Å². The second kappa shape index (κ2) is 5.92. The Bertz CT molecular complexity index is 564. The highest BCUT2D eigenvalue weighted by Crippen LogP contribution is 2.39. The number of piperidine rings is 1. The summed E-state index contributed by atoms with van der Waals surface area (Å²) in [5.74, 6) is -0.0195. The first-order valence-corrected chi connectivity index (χ1v) is 7.93. The van der Waals surface area contributed by atoms with Gasteiger partial charge in [0, 0.05) is 24.4 Å². The number of hydrogen-bond acceptors (Lipinski definition) is 2. The van der Waals surface area contributed by atoms with Crippen LogP contribution >= 0.6 is 0 Å². The largest absolute Gasteiger partial charge is 0.478 e. The van der Waals surface area contributed by atoms with Gasteiger partial charge in [-0.05, 0) is 67.9 Å². The van der Waals surface area contributed by atoms with E-state index in [-0.39, 0.29) is 0 Å². The average Bonchev–Trinajstić information content (AvgIpc) is 2.94. The molecule has 1 saturated heterocycles. The first kappa shape index (κ1) is 14.2. The molecule has 3 rings (SSSR count). The van der Waals surface area contributed by atoms with Crippen molar-refractivity contribution in [3.63, 3.8) is 0 Å².